The molecule has 3 aromatic rings. The van der Waals surface area contributed by atoms with Gasteiger partial charge in [0.25, 0.3) is 11.6 Å². The van der Waals surface area contributed by atoms with Gasteiger partial charge >= 0.3 is 0 Å². The summed E-state index contributed by atoms with van der Waals surface area (Å²) >= 11 is 0. The van der Waals surface area contributed by atoms with Gasteiger partial charge in [-0.3, -0.25) is 20.0 Å². The van der Waals surface area contributed by atoms with E-state index in [9.17, 15) is 14.9 Å². The van der Waals surface area contributed by atoms with Crippen LogP contribution in [0.15, 0.2) is 59.7 Å². The maximum Gasteiger partial charge on any atom is 0.289 e. The van der Waals surface area contributed by atoms with Gasteiger partial charge in [0.1, 0.15) is 11.4 Å². The first-order valence-corrected chi connectivity index (χ1v) is 8.43. The summed E-state index contributed by atoms with van der Waals surface area (Å²) in [6.07, 6.45) is 1.39. The lowest BCUT2D eigenvalue weighted by Crippen LogP contribution is -2.17. The lowest BCUT2D eigenvalue weighted by atomic mass is 10.1. The second-order valence-corrected chi connectivity index (χ2v) is 5.67. The number of hydrazone groups is 1. The Hall–Kier alpha value is -4.01. The number of aromatic nitrogens is 2. The van der Waals surface area contributed by atoms with E-state index in [1.807, 2.05) is 31.2 Å². The van der Waals surface area contributed by atoms with Gasteiger partial charge in [0.2, 0.25) is 0 Å². The molecule has 0 aliphatic rings. The molecule has 9 nitrogen and oxygen atoms in total. The van der Waals surface area contributed by atoms with Crippen LogP contribution >= 0.6 is 0 Å². The normalized spacial score (nSPS) is 10.8. The van der Waals surface area contributed by atoms with E-state index in [1.54, 1.807) is 6.07 Å². The molecule has 0 aliphatic heterocycles. The van der Waals surface area contributed by atoms with Gasteiger partial charge in [-0.25, -0.2) is 5.43 Å². The fourth-order valence-corrected chi connectivity index (χ4v) is 2.38. The monoisotopic (exact) mass is 379 g/mol. The topological polar surface area (TPSA) is 123 Å². The molecular weight excluding hydrogens is 362 g/mol. The second-order valence-electron chi connectivity index (χ2n) is 5.67. The van der Waals surface area contributed by atoms with Crippen LogP contribution in [0.3, 0.4) is 0 Å². The minimum atomic E-state index is -0.483. The van der Waals surface area contributed by atoms with E-state index in [0.29, 0.717) is 17.9 Å². The molecule has 0 aliphatic carbocycles. The zero-order chi connectivity index (χ0) is 19.9. The molecule has 9 heteroatoms. The number of amides is 1. The second kappa shape index (κ2) is 8.58. The Kier molecular flexibility index (Phi) is 5.75. The molecule has 0 unspecified atom stereocenters. The molecule has 0 saturated carbocycles. The van der Waals surface area contributed by atoms with Crippen molar-refractivity contribution in [2.45, 2.75) is 6.92 Å². The number of rotatable bonds is 7. The van der Waals surface area contributed by atoms with Crippen molar-refractivity contribution in [3.8, 4) is 17.0 Å². The molecule has 1 amide bonds. The highest BCUT2D eigenvalue weighted by molar-refractivity contribution is 5.94. The van der Waals surface area contributed by atoms with Crippen molar-refractivity contribution in [3.05, 3.63) is 76.0 Å². The number of nitro benzene ring substituents is 1. The van der Waals surface area contributed by atoms with Crippen LogP contribution in [0.2, 0.25) is 0 Å². The highest BCUT2D eigenvalue weighted by atomic mass is 16.6. The van der Waals surface area contributed by atoms with Crippen molar-refractivity contribution in [2.24, 2.45) is 5.10 Å². The lowest BCUT2D eigenvalue weighted by Gasteiger charge is -2.02. The highest BCUT2D eigenvalue weighted by Gasteiger charge is 2.10. The smallest absolute Gasteiger partial charge is 0.289 e. The summed E-state index contributed by atoms with van der Waals surface area (Å²) < 4.78 is 5.40. The van der Waals surface area contributed by atoms with E-state index in [0.717, 1.165) is 11.3 Å². The number of H-pyrrole nitrogens is 1. The SMILES string of the molecule is CCOc1ccc(-c2cc(C(=O)N/N=C/c3ccc([N+](=O)[O-])cc3)[nH]n2)cc1. The van der Waals surface area contributed by atoms with Crippen LogP contribution in [0, 0.1) is 10.1 Å². The minimum absolute atomic E-state index is 0.0135. The van der Waals surface area contributed by atoms with Crippen LogP contribution in [0.4, 0.5) is 5.69 Å². The predicted octanol–water partition coefficient (Wildman–Crippen LogP) is 3.15. The molecule has 0 radical (unpaired) electrons. The maximum absolute atomic E-state index is 12.2. The molecule has 0 saturated heterocycles. The first-order chi connectivity index (χ1) is 13.6. The molecule has 0 bridgehead atoms. The molecule has 2 N–H and O–H groups in total. The standard InChI is InChI=1S/C19H17N5O4/c1-2-28-16-9-5-14(6-10-16)17-11-18(22-21-17)19(25)23-20-12-13-3-7-15(8-4-13)24(26)27/h3-12H,2H2,1H3,(H,21,22)(H,23,25)/b20-12+. The number of nitrogens with one attached hydrogen (secondary N) is 2. The Bertz CT molecular complexity index is 994. The number of nitro groups is 1. The van der Waals surface area contributed by atoms with Crippen molar-refractivity contribution >= 4 is 17.8 Å². The van der Waals surface area contributed by atoms with E-state index in [-0.39, 0.29) is 11.4 Å². The van der Waals surface area contributed by atoms with Crippen LogP contribution in [-0.2, 0) is 0 Å². The third-order valence-corrected chi connectivity index (χ3v) is 3.77. The van der Waals surface area contributed by atoms with Gasteiger partial charge in [0.15, 0.2) is 0 Å². The molecule has 3 rings (SSSR count). The van der Waals surface area contributed by atoms with Gasteiger partial charge in [-0.2, -0.15) is 10.2 Å². The summed E-state index contributed by atoms with van der Waals surface area (Å²) in [6, 6.07) is 14.8. The number of hydrogen-bond acceptors (Lipinski definition) is 6. The number of hydrogen-bond donors (Lipinski definition) is 2. The summed E-state index contributed by atoms with van der Waals surface area (Å²) in [5, 5.41) is 21.3. The van der Waals surface area contributed by atoms with Crippen molar-refractivity contribution in [1.29, 1.82) is 0 Å². The summed E-state index contributed by atoms with van der Waals surface area (Å²) in [6.45, 7) is 2.50. The lowest BCUT2D eigenvalue weighted by molar-refractivity contribution is -0.384. The Morgan fingerprint density at radius 2 is 1.96 bits per heavy atom. The molecule has 1 heterocycles. The van der Waals surface area contributed by atoms with Gasteiger partial charge in [0, 0.05) is 17.7 Å². The molecule has 142 valence electrons. The summed E-state index contributed by atoms with van der Waals surface area (Å²) in [5.74, 6) is 0.309. The van der Waals surface area contributed by atoms with Crippen LogP contribution in [0.5, 0.6) is 5.75 Å². The Balaban J connectivity index is 1.61. The largest absolute Gasteiger partial charge is 0.494 e. The number of carbonyl (C=O) groups excluding carboxylic acids is 1. The number of non-ortho nitro benzene ring substituents is 1. The van der Waals surface area contributed by atoms with Crippen molar-refractivity contribution in [3.63, 3.8) is 0 Å². The van der Waals surface area contributed by atoms with E-state index in [2.05, 4.69) is 20.7 Å². The van der Waals surface area contributed by atoms with Crippen molar-refractivity contribution in [2.75, 3.05) is 6.61 Å². The first-order valence-electron chi connectivity index (χ1n) is 8.43. The minimum Gasteiger partial charge on any atom is -0.494 e. The number of nitrogens with zero attached hydrogens (tertiary/aromatic N) is 3. The van der Waals surface area contributed by atoms with E-state index in [4.69, 9.17) is 4.74 Å². The molecule has 2 aromatic carbocycles. The van der Waals surface area contributed by atoms with Gasteiger partial charge in [0.05, 0.1) is 23.4 Å². The molecule has 0 atom stereocenters. The summed E-state index contributed by atoms with van der Waals surface area (Å²) in [7, 11) is 0. The highest BCUT2D eigenvalue weighted by Crippen LogP contribution is 2.21. The Labute approximate surface area is 160 Å². The predicted molar refractivity (Wildman–Crippen MR) is 103 cm³/mol. The number of aromatic amines is 1. The fraction of sp³-hybridized carbons (Fsp3) is 0.105. The summed E-state index contributed by atoms with van der Waals surface area (Å²) in [4.78, 5) is 22.3. The van der Waals surface area contributed by atoms with Crippen molar-refractivity contribution in [1.82, 2.24) is 15.6 Å². The number of ether oxygens (including phenoxy) is 1. The zero-order valence-corrected chi connectivity index (χ0v) is 15.0. The maximum atomic E-state index is 12.2. The molecule has 28 heavy (non-hydrogen) atoms. The fourth-order valence-electron chi connectivity index (χ4n) is 2.38. The van der Waals surface area contributed by atoms with Gasteiger partial charge < -0.3 is 4.74 Å². The van der Waals surface area contributed by atoms with E-state index in [1.165, 1.54) is 30.5 Å². The molecule has 0 spiro atoms. The molecule has 0 fully saturated rings. The third kappa shape index (κ3) is 4.58. The third-order valence-electron chi connectivity index (χ3n) is 3.77. The Morgan fingerprint density at radius 3 is 2.61 bits per heavy atom. The number of benzene rings is 2. The average molecular weight is 379 g/mol. The van der Waals surface area contributed by atoms with E-state index >= 15 is 0 Å². The van der Waals surface area contributed by atoms with Gasteiger partial charge in [-0.1, -0.05) is 0 Å². The first kappa shape index (κ1) is 18.8. The summed E-state index contributed by atoms with van der Waals surface area (Å²) in [5.41, 5.74) is 4.70. The average Bonchev–Trinajstić information content (AvgIpc) is 3.19. The van der Waals surface area contributed by atoms with Gasteiger partial charge in [-0.15, -0.1) is 0 Å². The quantitative estimate of drug-likeness (QED) is 0.371. The van der Waals surface area contributed by atoms with E-state index < -0.39 is 10.8 Å². The van der Waals surface area contributed by atoms with Crippen LogP contribution < -0.4 is 10.2 Å². The van der Waals surface area contributed by atoms with Crippen molar-refractivity contribution < 1.29 is 14.5 Å². The van der Waals surface area contributed by atoms with Crippen LogP contribution in [0.1, 0.15) is 23.0 Å². The molecular formula is C19H17N5O4. The molecule has 1 aromatic heterocycles. The zero-order valence-electron chi connectivity index (χ0n) is 15.0. The van der Waals surface area contributed by atoms with Crippen LogP contribution in [-0.4, -0.2) is 33.8 Å². The van der Waals surface area contributed by atoms with Gasteiger partial charge in [-0.05, 0) is 55.0 Å². The number of carbonyl (C=O) groups is 1. The van der Waals surface area contributed by atoms with Crippen LogP contribution in [0.25, 0.3) is 11.3 Å². The Morgan fingerprint density at radius 1 is 1.25 bits per heavy atom.